The van der Waals surface area contributed by atoms with Gasteiger partial charge in [-0.05, 0) is 0 Å². The predicted octanol–water partition coefficient (Wildman–Crippen LogP) is 0.482. The standard InChI is InChI=1S/C11H10N4O/c1-2-3-4-13-11(16)9-7-14-15-6-5-12-8-10(9)15/h1,5-8H,3-4H2,(H,13,16). The summed E-state index contributed by atoms with van der Waals surface area (Å²) in [5.74, 6) is 2.28. The monoisotopic (exact) mass is 214 g/mol. The van der Waals surface area contributed by atoms with E-state index >= 15 is 0 Å². The number of rotatable bonds is 3. The fraction of sp³-hybridized carbons (Fsp3) is 0.182. The molecule has 0 atom stereocenters. The molecule has 0 bridgehead atoms. The molecule has 0 aliphatic heterocycles. The summed E-state index contributed by atoms with van der Waals surface area (Å²) in [6.45, 7) is 0.465. The van der Waals surface area contributed by atoms with E-state index in [-0.39, 0.29) is 5.91 Å². The van der Waals surface area contributed by atoms with Gasteiger partial charge in [-0.15, -0.1) is 12.3 Å². The minimum absolute atomic E-state index is 0.182. The molecule has 5 nitrogen and oxygen atoms in total. The van der Waals surface area contributed by atoms with Gasteiger partial charge in [0, 0.05) is 25.4 Å². The smallest absolute Gasteiger partial charge is 0.255 e. The fourth-order valence-electron chi connectivity index (χ4n) is 1.35. The summed E-state index contributed by atoms with van der Waals surface area (Å²) in [4.78, 5) is 15.7. The van der Waals surface area contributed by atoms with Crippen molar-refractivity contribution in [2.24, 2.45) is 0 Å². The van der Waals surface area contributed by atoms with Crippen LogP contribution in [0.1, 0.15) is 16.8 Å². The number of hydrogen-bond acceptors (Lipinski definition) is 3. The molecule has 0 aromatic carbocycles. The summed E-state index contributed by atoms with van der Waals surface area (Å²) in [6, 6.07) is 0. The zero-order valence-electron chi connectivity index (χ0n) is 8.55. The molecule has 0 fully saturated rings. The fourth-order valence-corrected chi connectivity index (χ4v) is 1.35. The molecule has 2 aromatic heterocycles. The van der Waals surface area contributed by atoms with Crippen molar-refractivity contribution in [3.05, 3.63) is 30.4 Å². The van der Waals surface area contributed by atoms with Crippen molar-refractivity contribution < 1.29 is 4.79 Å². The molecule has 0 aliphatic carbocycles. The molecule has 0 aliphatic rings. The third-order valence-corrected chi connectivity index (χ3v) is 2.12. The molecule has 0 saturated carbocycles. The van der Waals surface area contributed by atoms with Gasteiger partial charge in [0.25, 0.3) is 5.91 Å². The van der Waals surface area contributed by atoms with Crippen molar-refractivity contribution in [1.82, 2.24) is 19.9 Å². The zero-order chi connectivity index (χ0) is 11.4. The predicted molar refractivity (Wildman–Crippen MR) is 58.8 cm³/mol. The van der Waals surface area contributed by atoms with Crippen LogP contribution in [0.4, 0.5) is 0 Å². The summed E-state index contributed by atoms with van der Waals surface area (Å²) < 4.78 is 1.60. The van der Waals surface area contributed by atoms with Crippen LogP contribution in [0, 0.1) is 12.3 Å². The Hall–Kier alpha value is -2.35. The first-order valence-electron chi connectivity index (χ1n) is 4.82. The van der Waals surface area contributed by atoms with Crippen molar-refractivity contribution in [3.63, 3.8) is 0 Å². The molecule has 0 radical (unpaired) electrons. The molecule has 1 amide bonds. The van der Waals surface area contributed by atoms with E-state index in [1.807, 2.05) is 0 Å². The van der Waals surface area contributed by atoms with E-state index in [0.717, 1.165) is 0 Å². The van der Waals surface area contributed by atoms with E-state index in [1.165, 1.54) is 6.20 Å². The summed E-state index contributed by atoms with van der Waals surface area (Å²) in [6.07, 6.45) is 12.0. The molecule has 0 saturated heterocycles. The highest BCUT2D eigenvalue weighted by molar-refractivity contribution is 6.00. The Morgan fingerprint density at radius 1 is 1.56 bits per heavy atom. The number of hydrogen-bond donors (Lipinski definition) is 1. The van der Waals surface area contributed by atoms with Crippen molar-refractivity contribution in [2.75, 3.05) is 6.54 Å². The summed E-state index contributed by atoms with van der Waals surface area (Å²) in [5.41, 5.74) is 1.19. The third-order valence-electron chi connectivity index (χ3n) is 2.12. The lowest BCUT2D eigenvalue weighted by Gasteiger charge is -2.00. The molecule has 2 heterocycles. The van der Waals surface area contributed by atoms with Crippen LogP contribution in [0.25, 0.3) is 5.52 Å². The summed E-state index contributed by atoms with van der Waals surface area (Å²) in [7, 11) is 0. The van der Waals surface area contributed by atoms with Gasteiger partial charge in [-0.2, -0.15) is 5.10 Å². The van der Waals surface area contributed by atoms with Gasteiger partial charge in [0.2, 0.25) is 0 Å². The van der Waals surface area contributed by atoms with E-state index in [0.29, 0.717) is 24.0 Å². The molecular formula is C11H10N4O. The van der Waals surface area contributed by atoms with E-state index in [9.17, 15) is 4.79 Å². The molecule has 2 aromatic rings. The summed E-state index contributed by atoms with van der Waals surface area (Å²) in [5, 5.41) is 6.76. The van der Waals surface area contributed by atoms with Crippen LogP contribution in [0.2, 0.25) is 0 Å². The normalized spacial score (nSPS) is 9.94. The molecule has 2 rings (SSSR count). The lowest BCUT2D eigenvalue weighted by Crippen LogP contribution is -2.24. The second-order valence-corrected chi connectivity index (χ2v) is 3.17. The molecule has 1 N–H and O–H groups in total. The second kappa shape index (κ2) is 4.45. The Morgan fingerprint density at radius 2 is 2.44 bits per heavy atom. The van der Waals surface area contributed by atoms with Gasteiger partial charge in [0.05, 0.1) is 23.5 Å². The number of nitrogens with zero attached hydrogens (tertiary/aromatic N) is 3. The van der Waals surface area contributed by atoms with Gasteiger partial charge >= 0.3 is 0 Å². The van der Waals surface area contributed by atoms with Crippen LogP contribution < -0.4 is 5.32 Å². The number of carbonyl (C=O) groups is 1. The van der Waals surface area contributed by atoms with Crippen LogP contribution in [0.3, 0.4) is 0 Å². The number of amides is 1. The van der Waals surface area contributed by atoms with Crippen LogP contribution >= 0.6 is 0 Å². The molecule has 0 unspecified atom stereocenters. The van der Waals surface area contributed by atoms with Crippen molar-refractivity contribution in [3.8, 4) is 12.3 Å². The number of fused-ring (bicyclic) bond motifs is 1. The van der Waals surface area contributed by atoms with Crippen LogP contribution in [-0.4, -0.2) is 27.0 Å². The van der Waals surface area contributed by atoms with Gasteiger partial charge in [-0.3, -0.25) is 9.78 Å². The number of carbonyl (C=O) groups excluding carboxylic acids is 1. The van der Waals surface area contributed by atoms with Gasteiger partial charge < -0.3 is 5.32 Å². The van der Waals surface area contributed by atoms with E-state index < -0.39 is 0 Å². The first kappa shape index (κ1) is 10.2. The maximum absolute atomic E-state index is 11.7. The SMILES string of the molecule is C#CCCNC(=O)c1cnn2ccncc12. The molecule has 16 heavy (non-hydrogen) atoms. The number of terminal acetylenes is 1. The number of nitrogens with one attached hydrogen (secondary N) is 1. The Morgan fingerprint density at radius 3 is 3.25 bits per heavy atom. The minimum atomic E-state index is -0.182. The highest BCUT2D eigenvalue weighted by Crippen LogP contribution is 2.07. The van der Waals surface area contributed by atoms with Crippen LogP contribution in [0.5, 0.6) is 0 Å². The topological polar surface area (TPSA) is 59.3 Å². The van der Waals surface area contributed by atoms with Crippen LogP contribution in [0.15, 0.2) is 24.8 Å². The highest BCUT2D eigenvalue weighted by Gasteiger charge is 2.11. The van der Waals surface area contributed by atoms with Gasteiger partial charge in [-0.1, -0.05) is 0 Å². The van der Waals surface area contributed by atoms with E-state index in [4.69, 9.17) is 6.42 Å². The molecule has 5 heteroatoms. The second-order valence-electron chi connectivity index (χ2n) is 3.17. The van der Waals surface area contributed by atoms with Gasteiger partial charge in [0.1, 0.15) is 0 Å². The lowest BCUT2D eigenvalue weighted by atomic mass is 10.2. The first-order chi connectivity index (χ1) is 7.83. The average Bonchev–Trinajstić information content (AvgIpc) is 2.73. The molecule has 80 valence electrons. The Labute approximate surface area is 92.5 Å². The Kier molecular flexibility index (Phi) is 2.83. The lowest BCUT2D eigenvalue weighted by molar-refractivity contribution is 0.0956. The van der Waals surface area contributed by atoms with Crippen molar-refractivity contribution in [2.45, 2.75) is 6.42 Å². The largest absolute Gasteiger partial charge is 0.351 e. The third kappa shape index (κ3) is 1.86. The Balaban J connectivity index is 2.20. The van der Waals surface area contributed by atoms with Gasteiger partial charge in [-0.25, -0.2) is 4.52 Å². The average molecular weight is 214 g/mol. The molecular weight excluding hydrogens is 204 g/mol. The number of aromatic nitrogens is 3. The zero-order valence-corrected chi connectivity index (χ0v) is 8.55. The summed E-state index contributed by atoms with van der Waals surface area (Å²) >= 11 is 0. The van der Waals surface area contributed by atoms with Crippen molar-refractivity contribution >= 4 is 11.4 Å². The minimum Gasteiger partial charge on any atom is -0.351 e. The van der Waals surface area contributed by atoms with Crippen LogP contribution in [-0.2, 0) is 0 Å². The first-order valence-corrected chi connectivity index (χ1v) is 4.82. The molecule has 0 spiro atoms. The van der Waals surface area contributed by atoms with E-state index in [2.05, 4.69) is 21.3 Å². The maximum Gasteiger partial charge on any atom is 0.255 e. The van der Waals surface area contributed by atoms with Crippen molar-refractivity contribution in [1.29, 1.82) is 0 Å². The quantitative estimate of drug-likeness (QED) is 0.597. The van der Waals surface area contributed by atoms with Gasteiger partial charge in [0.15, 0.2) is 0 Å². The highest BCUT2D eigenvalue weighted by atomic mass is 16.1. The van der Waals surface area contributed by atoms with E-state index in [1.54, 1.807) is 23.1 Å². The maximum atomic E-state index is 11.7. The Bertz CT molecular complexity index is 552.